The fourth-order valence-corrected chi connectivity index (χ4v) is 3.01. The number of anilines is 1. The van der Waals surface area contributed by atoms with Gasteiger partial charge in [0.1, 0.15) is 11.4 Å². The van der Waals surface area contributed by atoms with E-state index in [4.69, 9.17) is 5.73 Å². The summed E-state index contributed by atoms with van der Waals surface area (Å²) < 4.78 is 0. The first kappa shape index (κ1) is 15.9. The standard InChI is InChI=1S/C17H14N4O2S/c18-16(23)11-5-1-4-8-14(11)21-15(22)9-24-17-12-6-2-3-7-13(12)19-10-20-17/h1-8,10H,9H2,(H2,18,23)(H,21,22). The van der Waals surface area contributed by atoms with Gasteiger partial charge in [-0.05, 0) is 18.2 Å². The highest BCUT2D eigenvalue weighted by atomic mass is 32.2. The smallest absolute Gasteiger partial charge is 0.250 e. The Morgan fingerprint density at radius 1 is 1.04 bits per heavy atom. The van der Waals surface area contributed by atoms with Crippen LogP contribution >= 0.6 is 11.8 Å². The van der Waals surface area contributed by atoms with Crippen LogP contribution in [0.15, 0.2) is 59.9 Å². The van der Waals surface area contributed by atoms with Crippen molar-refractivity contribution < 1.29 is 9.59 Å². The molecule has 0 bridgehead atoms. The number of benzene rings is 2. The van der Waals surface area contributed by atoms with Crippen molar-refractivity contribution >= 4 is 40.2 Å². The molecule has 0 atom stereocenters. The molecule has 0 fully saturated rings. The zero-order chi connectivity index (χ0) is 16.9. The molecule has 0 spiro atoms. The lowest BCUT2D eigenvalue weighted by molar-refractivity contribution is -0.113. The van der Waals surface area contributed by atoms with Crippen LogP contribution in [0.25, 0.3) is 10.9 Å². The van der Waals surface area contributed by atoms with Crippen LogP contribution in [0.5, 0.6) is 0 Å². The number of nitrogens with two attached hydrogens (primary N) is 1. The molecule has 3 rings (SSSR count). The number of para-hydroxylation sites is 2. The molecule has 0 saturated carbocycles. The van der Waals surface area contributed by atoms with E-state index in [2.05, 4.69) is 15.3 Å². The molecule has 2 amide bonds. The number of carbonyl (C=O) groups is 2. The van der Waals surface area contributed by atoms with Crippen molar-refractivity contribution in [3.63, 3.8) is 0 Å². The second kappa shape index (κ2) is 7.10. The molecule has 0 aliphatic rings. The minimum absolute atomic E-state index is 0.161. The third kappa shape index (κ3) is 3.52. The van der Waals surface area contributed by atoms with E-state index in [0.29, 0.717) is 5.69 Å². The number of thioether (sulfide) groups is 1. The van der Waals surface area contributed by atoms with Crippen molar-refractivity contribution in [2.75, 3.05) is 11.1 Å². The van der Waals surface area contributed by atoms with Crippen LogP contribution in [-0.4, -0.2) is 27.5 Å². The van der Waals surface area contributed by atoms with Gasteiger partial charge in [-0.15, -0.1) is 0 Å². The molecule has 120 valence electrons. The molecule has 1 aromatic heterocycles. The number of amides is 2. The fourth-order valence-electron chi connectivity index (χ4n) is 2.22. The highest BCUT2D eigenvalue weighted by molar-refractivity contribution is 8.00. The highest BCUT2D eigenvalue weighted by Gasteiger charge is 2.12. The van der Waals surface area contributed by atoms with E-state index in [1.54, 1.807) is 24.3 Å². The monoisotopic (exact) mass is 338 g/mol. The maximum atomic E-state index is 12.2. The molecule has 3 N–H and O–H groups in total. The van der Waals surface area contributed by atoms with E-state index in [0.717, 1.165) is 15.9 Å². The Morgan fingerprint density at radius 2 is 1.79 bits per heavy atom. The number of carbonyl (C=O) groups excluding carboxylic acids is 2. The molecule has 0 saturated heterocycles. The van der Waals surface area contributed by atoms with Crippen molar-refractivity contribution in [1.82, 2.24) is 9.97 Å². The summed E-state index contributed by atoms with van der Waals surface area (Å²) in [5, 5.41) is 4.34. The number of hydrogen-bond donors (Lipinski definition) is 2. The van der Waals surface area contributed by atoms with E-state index in [9.17, 15) is 9.59 Å². The molecule has 2 aromatic carbocycles. The first-order chi connectivity index (χ1) is 11.6. The Kier molecular flexibility index (Phi) is 4.72. The first-order valence-electron chi connectivity index (χ1n) is 7.16. The van der Waals surface area contributed by atoms with Crippen LogP contribution in [-0.2, 0) is 4.79 Å². The maximum Gasteiger partial charge on any atom is 0.250 e. The largest absolute Gasteiger partial charge is 0.366 e. The fraction of sp³-hybridized carbons (Fsp3) is 0.0588. The van der Waals surface area contributed by atoms with Gasteiger partial charge in [-0.2, -0.15) is 0 Å². The van der Waals surface area contributed by atoms with Crippen molar-refractivity contribution in [3.05, 3.63) is 60.4 Å². The van der Waals surface area contributed by atoms with Gasteiger partial charge in [-0.1, -0.05) is 42.1 Å². The van der Waals surface area contributed by atoms with Crippen molar-refractivity contribution in [2.45, 2.75) is 5.03 Å². The van der Waals surface area contributed by atoms with Crippen LogP contribution in [0.2, 0.25) is 0 Å². The second-order valence-corrected chi connectivity index (χ2v) is 5.91. The van der Waals surface area contributed by atoms with Crippen LogP contribution in [0.1, 0.15) is 10.4 Å². The number of nitrogens with one attached hydrogen (secondary N) is 1. The zero-order valence-corrected chi connectivity index (χ0v) is 13.4. The molecule has 1 heterocycles. The first-order valence-corrected chi connectivity index (χ1v) is 8.15. The lowest BCUT2D eigenvalue weighted by atomic mass is 10.1. The Morgan fingerprint density at radius 3 is 2.62 bits per heavy atom. The van der Waals surface area contributed by atoms with Gasteiger partial charge in [0.15, 0.2) is 0 Å². The summed E-state index contributed by atoms with van der Waals surface area (Å²) in [5.74, 6) is -0.662. The van der Waals surface area contributed by atoms with Crippen molar-refractivity contribution in [2.24, 2.45) is 5.73 Å². The molecule has 0 unspecified atom stereocenters. The Labute approximate surface area is 142 Å². The summed E-state index contributed by atoms with van der Waals surface area (Å²) in [6.45, 7) is 0. The summed E-state index contributed by atoms with van der Waals surface area (Å²) in [4.78, 5) is 32.0. The molecular formula is C17H14N4O2S. The van der Waals surface area contributed by atoms with Gasteiger partial charge in [-0.25, -0.2) is 9.97 Å². The number of primary amides is 1. The Balaban J connectivity index is 1.71. The molecule has 0 aliphatic heterocycles. The van der Waals surface area contributed by atoms with Crippen molar-refractivity contribution in [1.29, 1.82) is 0 Å². The Bertz CT molecular complexity index is 908. The maximum absolute atomic E-state index is 12.2. The minimum Gasteiger partial charge on any atom is -0.366 e. The van der Waals surface area contributed by atoms with Gasteiger partial charge in [0, 0.05) is 5.39 Å². The second-order valence-electron chi connectivity index (χ2n) is 4.94. The number of fused-ring (bicyclic) bond motifs is 1. The lowest BCUT2D eigenvalue weighted by Crippen LogP contribution is -2.19. The van der Waals surface area contributed by atoms with Gasteiger partial charge in [0.25, 0.3) is 5.91 Å². The summed E-state index contributed by atoms with van der Waals surface area (Å²) in [7, 11) is 0. The minimum atomic E-state index is -0.583. The lowest BCUT2D eigenvalue weighted by Gasteiger charge is -2.09. The van der Waals surface area contributed by atoms with Gasteiger partial charge >= 0.3 is 0 Å². The van der Waals surface area contributed by atoms with Crippen molar-refractivity contribution in [3.8, 4) is 0 Å². The molecule has 7 heteroatoms. The predicted octanol–water partition coefficient (Wildman–Crippen LogP) is 2.46. The molecule has 6 nitrogen and oxygen atoms in total. The molecule has 3 aromatic rings. The summed E-state index contributed by atoms with van der Waals surface area (Å²) in [6, 6.07) is 14.2. The van der Waals surface area contributed by atoms with E-state index in [1.165, 1.54) is 18.1 Å². The van der Waals surface area contributed by atoms with E-state index in [-0.39, 0.29) is 17.2 Å². The van der Waals surface area contributed by atoms with E-state index >= 15 is 0 Å². The predicted molar refractivity (Wildman–Crippen MR) is 93.9 cm³/mol. The zero-order valence-electron chi connectivity index (χ0n) is 12.6. The number of nitrogens with zero attached hydrogens (tertiary/aromatic N) is 2. The molecular weight excluding hydrogens is 324 g/mol. The normalized spacial score (nSPS) is 10.5. The van der Waals surface area contributed by atoms with E-state index < -0.39 is 5.91 Å². The molecule has 0 aliphatic carbocycles. The summed E-state index contributed by atoms with van der Waals surface area (Å²) in [5.41, 5.74) is 6.82. The van der Waals surface area contributed by atoms with Crippen LogP contribution in [0.4, 0.5) is 5.69 Å². The number of aromatic nitrogens is 2. The summed E-state index contributed by atoms with van der Waals surface area (Å²) in [6.07, 6.45) is 1.48. The third-order valence-corrected chi connectivity index (χ3v) is 4.32. The number of hydrogen-bond acceptors (Lipinski definition) is 5. The van der Waals surface area contributed by atoms with Crippen LogP contribution in [0.3, 0.4) is 0 Å². The SMILES string of the molecule is NC(=O)c1ccccc1NC(=O)CSc1ncnc2ccccc12. The third-order valence-electron chi connectivity index (χ3n) is 3.31. The summed E-state index contributed by atoms with van der Waals surface area (Å²) >= 11 is 1.31. The van der Waals surface area contributed by atoms with Crippen LogP contribution in [0, 0.1) is 0 Å². The van der Waals surface area contributed by atoms with Gasteiger partial charge in [0.2, 0.25) is 5.91 Å². The van der Waals surface area contributed by atoms with Gasteiger partial charge < -0.3 is 11.1 Å². The number of rotatable bonds is 5. The molecule has 24 heavy (non-hydrogen) atoms. The average Bonchev–Trinajstić information content (AvgIpc) is 2.60. The Hall–Kier alpha value is -2.93. The van der Waals surface area contributed by atoms with Crippen LogP contribution < -0.4 is 11.1 Å². The highest BCUT2D eigenvalue weighted by Crippen LogP contribution is 2.24. The quantitative estimate of drug-likeness (QED) is 0.550. The van der Waals surface area contributed by atoms with Gasteiger partial charge in [0.05, 0.1) is 22.5 Å². The average molecular weight is 338 g/mol. The van der Waals surface area contributed by atoms with E-state index in [1.807, 2.05) is 24.3 Å². The topological polar surface area (TPSA) is 98.0 Å². The van der Waals surface area contributed by atoms with Gasteiger partial charge in [-0.3, -0.25) is 9.59 Å². The molecule has 0 radical (unpaired) electrons.